The largest absolute Gasteiger partial charge is 0.384 e. The first-order valence-electron chi connectivity index (χ1n) is 2.82. The molecule has 0 saturated carbocycles. The van der Waals surface area contributed by atoms with Gasteiger partial charge in [0.25, 0.3) is 0 Å². The van der Waals surface area contributed by atoms with E-state index in [4.69, 9.17) is 5.11 Å². The summed E-state index contributed by atoms with van der Waals surface area (Å²) in [5.41, 5.74) is 0. The summed E-state index contributed by atoms with van der Waals surface area (Å²) in [5, 5.41) is 8.17. The summed E-state index contributed by atoms with van der Waals surface area (Å²) in [6.07, 6.45) is 0. The summed E-state index contributed by atoms with van der Waals surface area (Å²) < 4.78 is 0. The van der Waals surface area contributed by atoms with E-state index in [9.17, 15) is 4.79 Å². The van der Waals surface area contributed by atoms with Crippen molar-refractivity contribution in [2.45, 2.75) is 13.8 Å². The smallest absolute Gasteiger partial charge is 0.208 e. The minimum atomic E-state index is -0.238. The Morgan fingerprint density at radius 1 is 1.67 bits per heavy atom. The van der Waals surface area contributed by atoms with Crippen LogP contribution in [0.2, 0.25) is 0 Å². The lowest BCUT2D eigenvalue weighted by molar-refractivity contribution is -0.116. The number of hydrogen-bond acceptors (Lipinski definition) is 2. The summed E-state index contributed by atoms with van der Waals surface area (Å²) in [6.45, 7) is 3.31. The quantitative estimate of drug-likeness (QED) is 0.402. The SMILES string of the molecule is CC(C)C(=O)C#CCO. The molecule has 50 valence electrons. The molecule has 0 atom stereocenters. The van der Waals surface area contributed by atoms with E-state index in [2.05, 4.69) is 11.8 Å². The Morgan fingerprint density at radius 2 is 2.22 bits per heavy atom. The highest BCUT2D eigenvalue weighted by molar-refractivity contribution is 5.96. The van der Waals surface area contributed by atoms with E-state index < -0.39 is 0 Å². The molecule has 0 fully saturated rings. The third-order valence-corrected chi connectivity index (χ3v) is 0.815. The van der Waals surface area contributed by atoms with Crippen LogP contribution in [0.1, 0.15) is 13.8 Å². The van der Waals surface area contributed by atoms with Crippen LogP contribution in [0, 0.1) is 17.8 Å². The van der Waals surface area contributed by atoms with Crippen LogP contribution in [0.25, 0.3) is 0 Å². The summed E-state index contributed by atoms with van der Waals surface area (Å²) in [6, 6.07) is 0. The predicted molar refractivity (Wildman–Crippen MR) is 34.7 cm³/mol. The summed E-state index contributed by atoms with van der Waals surface area (Å²) in [7, 11) is 0. The molecule has 0 spiro atoms. The third kappa shape index (κ3) is 3.75. The Kier molecular flexibility index (Phi) is 3.74. The normalized spacial score (nSPS) is 8.44. The van der Waals surface area contributed by atoms with Gasteiger partial charge < -0.3 is 5.11 Å². The van der Waals surface area contributed by atoms with Crippen molar-refractivity contribution in [1.82, 2.24) is 0 Å². The summed E-state index contributed by atoms with van der Waals surface area (Å²) >= 11 is 0. The fraction of sp³-hybridized carbons (Fsp3) is 0.571. The Bertz CT molecular complexity index is 148. The molecule has 0 bridgehead atoms. The van der Waals surface area contributed by atoms with Crippen molar-refractivity contribution >= 4 is 5.78 Å². The van der Waals surface area contributed by atoms with Gasteiger partial charge in [0.2, 0.25) is 5.78 Å². The zero-order chi connectivity index (χ0) is 7.28. The van der Waals surface area contributed by atoms with Crippen molar-refractivity contribution in [2.75, 3.05) is 6.61 Å². The van der Waals surface area contributed by atoms with E-state index in [1.165, 1.54) is 0 Å². The van der Waals surface area contributed by atoms with Crippen molar-refractivity contribution in [3.8, 4) is 11.8 Å². The van der Waals surface area contributed by atoms with Gasteiger partial charge >= 0.3 is 0 Å². The van der Waals surface area contributed by atoms with Crippen LogP contribution in [-0.2, 0) is 4.79 Å². The van der Waals surface area contributed by atoms with Crippen LogP contribution in [0.4, 0.5) is 0 Å². The summed E-state index contributed by atoms with van der Waals surface area (Å²) in [5.74, 6) is 4.41. The molecule has 0 heterocycles. The number of aliphatic hydroxyl groups is 1. The molecule has 0 rings (SSSR count). The highest BCUT2D eigenvalue weighted by Crippen LogP contribution is 1.90. The highest BCUT2D eigenvalue weighted by atomic mass is 16.2. The molecule has 0 saturated heterocycles. The van der Waals surface area contributed by atoms with E-state index >= 15 is 0 Å². The fourth-order valence-corrected chi connectivity index (χ4v) is 0.271. The van der Waals surface area contributed by atoms with Crippen LogP contribution in [0.15, 0.2) is 0 Å². The van der Waals surface area contributed by atoms with E-state index in [-0.39, 0.29) is 18.3 Å². The maximum absolute atomic E-state index is 10.6. The molecule has 0 radical (unpaired) electrons. The molecular weight excluding hydrogens is 116 g/mol. The van der Waals surface area contributed by atoms with Crippen molar-refractivity contribution in [2.24, 2.45) is 5.92 Å². The number of ketones is 1. The third-order valence-electron chi connectivity index (χ3n) is 0.815. The average molecular weight is 126 g/mol. The second-order valence-corrected chi connectivity index (χ2v) is 1.98. The standard InChI is InChI=1S/C7H10O2/c1-6(2)7(9)4-3-5-8/h6,8H,5H2,1-2H3. The molecule has 0 aromatic heterocycles. The number of Topliss-reactive ketones (excluding diaryl/α,β-unsaturated/α-hetero) is 1. The van der Waals surface area contributed by atoms with Crippen LogP contribution in [0.3, 0.4) is 0 Å². The Morgan fingerprint density at radius 3 is 2.56 bits per heavy atom. The summed E-state index contributed by atoms with van der Waals surface area (Å²) in [4.78, 5) is 10.6. The molecule has 0 unspecified atom stereocenters. The zero-order valence-electron chi connectivity index (χ0n) is 5.64. The topological polar surface area (TPSA) is 37.3 Å². The Labute approximate surface area is 54.9 Å². The highest BCUT2D eigenvalue weighted by Gasteiger charge is 2.00. The molecule has 0 aliphatic carbocycles. The molecule has 9 heavy (non-hydrogen) atoms. The first kappa shape index (κ1) is 8.19. The number of carbonyl (C=O) groups is 1. The maximum Gasteiger partial charge on any atom is 0.208 e. The lowest BCUT2D eigenvalue weighted by Gasteiger charge is -1.91. The van der Waals surface area contributed by atoms with Gasteiger partial charge in [0, 0.05) is 5.92 Å². The van der Waals surface area contributed by atoms with Crippen molar-refractivity contribution in [1.29, 1.82) is 0 Å². The molecule has 2 heteroatoms. The van der Waals surface area contributed by atoms with Gasteiger partial charge in [-0.2, -0.15) is 0 Å². The predicted octanol–water partition coefficient (Wildman–Crippen LogP) is 0.207. The van der Waals surface area contributed by atoms with Gasteiger partial charge in [-0.15, -0.1) is 0 Å². The van der Waals surface area contributed by atoms with Gasteiger partial charge in [-0.25, -0.2) is 0 Å². The first-order valence-corrected chi connectivity index (χ1v) is 2.82. The second kappa shape index (κ2) is 4.11. The maximum atomic E-state index is 10.6. The van der Waals surface area contributed by atoms with Crippen LogP contribution < -0.4 is 0 Å². The number of rotatable bonds is 1. The van der Waals surface area contributed by atoms with Crippen LogP contribution in [-0.4, -0.2) is 17.5 Å². The van der Waals surface area contributed by atoms with Gasteiger partial charge in [0.15, 0.2) is 0 Å². The molecule has 0 aliphatic rings. The van der Waals surface area contributed by atoms with E-state index in [1.54, 1.807) is 13.8 Å². The molecule has 1 N–H and O–H groups in total. The Hall–Kier alpha value is -0.810. The average Bonchev–Trinajstić information content (AvgIpc) is 1.82. The second-order valence-electron chi connectivity index (χ2n) is 1.98. The van der Waals surface area contributed by atoms with Gasteiger partial charge in [0.05, 0.1) is 0 Å². The minimum absolute atomic E-state index is 0.0518. The molecule has 0 aromatic rings. The minimum Gasteiger partial charge on any atom is -0.384 e. The first-order chi connectivity index (χ1) is 4.18. The van der Waals surface area contributed by atoms with Crippen molar-refractivity contribution in [3.63, 3.8) is 0 Å². The molecule has 0 aromatic carbocycles. The van der Waals surface area contributed by atoms with E-state index in [0.717, 1.165) is 0 Å². The monoisotopic (exact) mass is 126 g/mol. The van der Waals surface area contributed by atoms with Gasteiger partial charge in [-0.3, -0.25) is 4.79 Å². The van der Waals surface area contributed by atoms with Gasteiger partial charge in [-0.1, -0.05) is 19.8 Å². The zero-order valence-corrected chi connectivity index (χ0v) is 5.64. The number of aliphatic hydroxyl groups excluding tert-OH is 1. The van der Waals surface area contributed by atoms with E-state index in [1.807, 2.05) is 0 Å². The van der Waals surface area contributed by atoms with Crippen LogP contribution in [0.5, 0.6) is 0 Å². The Balaban J connectivity index is 3.77. The lowest BCUT2D eigenvalue weighted by atomic mass is 10.1. The van der Waals surface area contributed by atoms with Crippen LogP contribution >= 0.6 is 0 Å². The van der Waals surface area contributed by atoms with Gasteiger partial charge in [-0.05, 0) is 5.92 Å². The van der Waals surface area contributed by atoms with E-state index in [0.29, 0.717) is 0 Å². The molecule has 0 amide bonds. The van der Waals surface area contributed by atoms with Crippen molar-refractivity contribution < 1.29 is 9.90 Å². The van der Waals surface area contributed by atoms with Crippen molar-refractivity contribution in [3.05, 3.63) is 0 Å². The lowest BCUT2D eigenvalue weighted by Crippen LogP contribution is -2.02. The number of carbonyl (C=O) groups excluding carboxylic acids is 1. The fourth-order valence-electron chi connectivity index (χ4n) is 0.271. The molecule has 0 aliphatic heterocycles. The number of hydrogen-bond donors (Lipinski definition) is 1. The molecule has 2 nitrogen and oxygen atoms in total. The molecular formula is C7H10O2. The van der Waals surface area contributed by atoms with Gasteiger partial charge in [0.1, 0.15) is 6.61 Å².